The van der Waals surface area contributed by atoms with Crippen LogP contribution in [0.5, 0.6) is 0 Å². The third-order valence-electron chi connectivity index (χ3n) is 1.47. The summed E-state index contributed by atoms with van der Waals surface area (Å²) in [5, 5.41) is 2.29. The highest BCUT2D eigenvalue weighted by atomic mass is 35.5. The van der Waals surface area contributed by atoms with Gasteiger partial charge in [0, 0.05) is 12.9 Å². The first kappa shape index (κ1) is 5.99. The molecule has 0 aliphatic carbocycles. The second kappa shape index (κ2) is 5.95. The Hall–Kier alpha value is -0.600. The molecular weight excluding hydrogens is 189 g/mol. The predicted molar refractivity (Wildman–Crippen MR) is 55.9 cm³/mol. The molecule has 1 rings (SSSR count). The molecule has 0 radical (unpaired) electrons. The number of halogens is 2. The second-order valence-corrected chi connectivity index (χ2v) is 2.33. The van der Waals surface area contributed by atoms with E-state index in [-0.39, 0.29) is 18.0 Å². The first-order chi connectivity index (χ1) is 7.74. The van der Waals surface area contributed by atoms with Gasteiger partial charge in [0.05, 0.1) is 0 Å². The maximum Gasteiger partial charge on any atom is 0.126 e. The van der Waals surface area contributed by atoms with Gasteiger partial charge in [0.2, 0.25) is 0 Å². The van der Waals surface area contributed by atoms with Crippen LogP contribution in [0.4, 0.5) is 4.39 Å². The van der Waals surface area contributed by atoms with Crippen molar-refractivity contribution in [1.82, 2.24) is 5.32 Å². The molecule has 1 nitrogen and oxygen atoms in total. The average molecular weight is 209 g/mol. The summed E-state index contributed by atoms with van der Waals surface area (Å²) >= 11 is 0. The van der Waals surface area contributed by atoms with Crippen molar-refractivity contribution in [3.05, 3.63) is 35.6 Å². The van der Waals surface area contributed by atoms with Crippen LogP contribution < -0.4 is 5.32 Å². The van der Waals surface area contributed by atoms with Crippen LogP contribution in [0.3, 0.4) is 0 Å². The van der Waals surface area contributed by atoms with E-state index in [1.165, 1.54) is 25.2 Å². The normalized spacial score (nSPS) is 23.4. The van der Waals surface area contributed by atoms with E-state index in [0.29, 0.717) is 0 Å². The summed E-state index contributed by atoms with van der Waals surface area (Å²) in [5.41, 5.74) is -0.104. The molecule has 2 atom stereocenters. The summed E-state index contributed by atoms with van der Waals surface area (Å²) in [5.74, 6) is -0.677. The largest absolute Gasteiger partial charge is 0.317 e. The molecule has 2 unspecified atom stereocenters. The molecule has 0 saturated carbocycles. The molecule has 74 valence electrons. The third kappa shape index (κ3) is 3.75. The van der Waals surface area contributed by atoms with Crippen LogP contribution in [0.1, 0.15) is 19.3 Å². The fourth-order valence-corrected chi connectivity index (χ4v) is 0.820. The van der Waals surface area contributed by atoms with Gasteiger partial charge in [0.15, 0.2) is 0 Å². The lowest BCUT2D eigenvalue weighted by atomic mass is 10.1. The molecule has 0 fully saturated rings. The van der Waals surface area contributed by atoms with E-state index >= 15 is 0 Å². The van der Waals surface area contributed by atoms with Crippen LogP contribution in [0.25, 0.3) is 0 Å². The van der Waals surface area contributed by atoms with Gasteiger partial charge in [-0.3, -0.25) is 0 Å². The minimum atomic E-state index is -2.73. The second-order valence-electron chi connectivity index (χ2n) is 2.33. The van der Waals surface area contributed by atoms with Gasteiger partial charge in [0.25, 0.3) is 0 Å². The Morgan fingerprint density at radius 2 is 2.38 bits per heavy atom. The maximum absolute atomic E-state index is 13.5. The molecule has 0 aromatic heterocycles. The van der Waals surface area contributed by atoms with Gasteiger partial charge >= 0.3 is 0 Å². The zero-order valence-electron chi connectivity index (χ0n) is 12.2. The molecule has 3 heteroatoms. The zero-order chi connectivity index (χ0) is 13.3. The summed E-state index contributed by atoms with van der Waals surface area (Å²) in [6.07, 6.45) is -1.54. The minimum absolute atomic E-state index is 0. The van der Waals surface area contributed by atoms with Crippen LogP contribution >= 0.6 is 12.4 Å². The molecule has 0 heterocycles. The van der Waals surface area contributed by atoms with Crippen molar-refractivity contribution in [3.63, 3.8) is 0 Å². The van der Waals surface area contributed by atoms with Crippen LogP contribution in [-0.4, -0.2) is 13.1 Å². The van der Waals surface area contributed by atoms with Crippen molar-refractivity contribution in [2.45, 2.75) is 19.3 Å². The fourth-order valence-electron chi connectivity index (χ4n) is 0.820. The fraction of sp³-hybridized carbons (Fsp3) is 0.400. The van der Waals surface area contributed by atoms with E-state index in [9.17, 15) is 4.39 Å². The van der Waals surface area contributed by atoms with Gasteiger partial charge in [-0.1, -0.05) is 18.2 Å². The Labute approximate surface area is 91.8 Å². The summed E-state index contributed by atoms with van der Waals surface area (Å²) in [6, 6.07) is 3.18. The molecule has 0 aliphatic heterocycles. The standard InChI is InChI=1S/C10H14FN.ClH/c1-8(12-2)7-9-5-3-4-6-10(9)11;/h3-6,8,12H,7H2,1-2H3;1H/i1D3,7D,8D;. The minimum Gasteiger partial charge on any atom is -0.317 e. The zero-order valence-corrected chi connectivity index (χ0v) is 7.99. The smallest absolute Gasteiger partial charge is 0.126 e. The molecular formula is C10H15ClFN. The Morgan fingerprint density at radius 1 is 1.69 bits per heavy atom. The van der Waals surface area contributed by atoms with Crippen LogP contribution in [0.2, 0.25) is 0 Å². The van der Waals surface area contributed by atoms with Gasteiger partial charge in [0.1, 0.15) is 5.82 Å². The van der Waals surface area contributed by atoms with Crippen molar-refractivity contribution in [3.8, 4) is 0 Å². The van der Waals surface area contributed by atoms with Crippen LogP contribution in [0, 0.1) is 5.82 Å². The van der Waals surface area contributed by atoms with Crippen molar-refractivity contribution in [1.29, 1.82) is 0 Å². The first-order valence-corrected chi connectivity index (χ1v) is 3.59. The number of nitrogens with one attached hydrogen (secondary N) is 1. The lowest BCUT2D eigenvalue weighted by Crippen LogP contribution is -2.23. The molecule has 0 aliphatic rings. The van der Waals surface area contributed by atoms with Crippen molar-refractivity contribution >= 4 is 12.4 Å². The van der Waals surface area contributed by atoms with E-state index in [0.717, 1.165) is 6.07 Å². The van der Waals surface area contributed by atoms with Crippen LogP contribution in [-0.2, 0) is 6.40 Å². The highest BCUT2D eigenvalue weighted by Crippen LogP contribution is 2.08. The van der Waals surface area contributed by atoms with E-state index < -0.39 is 25.1 Å². The van der Waals surface area contributed by atoms with Gasteiger partial charge < -0.3 is 5.32 Å². The number of likely N-dealkylation sites (N-methyl/N-ethyl adjacent to an activating group) is 1. The monoisotopic (exact) mass is 208 g/mol. The lowest BCUT2D eigenvalue weighted by molar-refractivity contribution is 0.564. The third-order valence-corrected chi connectivity index (χ3v) is 1.47. The number of hydrogen-bond acceptors (Lipinski definition) is 1. The van der Waals surface area contributed by atoms with Gasteiger partial charge in [-0.05, 0) is 31.9 Å². The first-order valence-electron chi connectivity index (χ1n) is 6.17. The molecule has 1 N–H and O–H groups in total. The van der Waals surface area contributed by atoms with E-state index in [4.69, 9.17) is 6.85 Å². The molecule has 0 bridgehead atoms. The van der Waals surface area contributed by atoms with Gasteiger partial charge in [-0.25, -0.2) is 4.39 Å². The highest BCUT2D eigenvalue weighted by molar-refractivity contribution is 5.85. The molecule has 1 aromatic rings. The molecule has 0 spiro atoms. The Bertz CT molecular complexity index is 400. The van der Waals surface area contributed by atoms with Gasteiger partial charge in [-0.15, -0.1) is 12.4 Å². The summed E-state index contributed by atoms with van der Waals surface area (Å²) < 4.78 is 51.0. The Kier molecular flexibility index (Phi) is 2.74. The topological polar surface area (TPSA) is 12.0 Å². The number of hydrogen-bond donors (Lipinski definition) is 1. The van der Waals surface area contributed by atoms with Crippen molar-refractivity contribution in [2.75, 3.05) is 7.05 Å². The van der Waals surface area contributed by atoms with Gasteiger partial charge in [-0.2, -0.15) is 0 Å². The van der Waals surface area contributed by atoms with E-state index in [1.54, 1.807) is 0 Å². The van der Waals surface area contributed by atoms with Crippen LogP contribution in [0.15, 0.2) is 24.3 Å². The summed E-state index contributed by atoms with van der Waals surface area (Å²) in [6.45, 7) is -2.73. The van der Waals surface area contributed by atoms with Crippen molar-refractivity contribution in [2.24, 2.45) is 0 Å². The molecule has 13 heavy (non-hydrogen) atoms. The SMILES string of the molecule is Cl.[2H]C(c1ccccc1F)C([2H])(NC)C([2H])([2H])[2H]. The highest BCUT2D eigenvalue weighted by Gasteiger charge is 2.04. The number of rotatable bonds is 3. The summed E-state index contributed by atoms with van der Waals surface area (Å²) in [4.78, 5) is 0. The molecule has 1 aromatic carbocycles. The van der Waals surface area contributed by atoms with E-state index in [1.807, 2.05) is 0 Å². The van der Waals surface area contributed by atoms with E-state index in [2.05, 4.69) is 5.32 Å². The molecule has 0 saturated heterocycles. The average Bonchev–Trinajstić information content (AvgIpc) is 2.26. The number of benzene rings is 1. The summed E-state index contributed by atoms with van der Waals surface area (Å²) in [7, 11) is 1.28. The maximum atomic E-state index is 13.5. The molecule has 0 amide bonds. The van der Waals surface area contributed by atoms with Crippen molar-refractivity contribution < 1.29 is 11.2 Å². The lowest BCUT2D eigenvalue weighted by Gasteiger charge is -2.09. The Morgan fingerprint density at radius 3 is 2.92 bits per heavy atom. The Balaban J connectivity index is 0.00000289. The predicted octanol–water partition coefficient (Wildman–Crippen LogP) is 2.40. The quantitative estimate of drug-likeness (QED) is 0.805.